The number of likely N-dealkylation sites (tertiary alicyclic amines) is 1. The summed E-state index contributed by atoms with van der Waals surface area (Å²) in [6.07, 6.45) is 6.19. The Morgan fingerprint density at radius 2 is 2.14 bits per heavy atom. The van der Waals surface area contributed by atoms with Crippen LogP contribution in [0.4, 0.5) is 14.6 Å². The van der Waals surface area contributed by atoms with E-state index in [1.807, 2.05) is 0 Å². The van der Waals surface area contributed by atoms with Gasteiger partial charge in [0, 0.05) is 31.2 Å². The fraction of sp³-hybridized carbons (Fsp3) is 0.350. The van der Waals surface area contributed by atoms with Gasteiger partial charge in [-0.15, -0.1) is 0 Å². The summed E-state index contributed by atoms with van der Waals surface area (Å²) in [7, 11) is 0. The van der Waals surface area contributed by atoms with E-state index in [-0.39, 0.29) is 11.6 Å². The first kappa shape index (κ1) is 19.9. The first-order chi connectivity index (χ1) is 13.4. The van der Waals surface area contributed by atoms with Gasteiger partial charge in [-0.3, -0.25) is 4.98 Å². The minimum atomic E-state index is -0.988. The molecule has 0 unspecified atom stereocenters. The first-order valence-electron chi connectivity index (χ1n) is 9.07. The average molecular weight is 388 g/mol. The van der Waals surface area contributed by atoms with E-state index in [0.29, 0.717) is 17.9 Å². The third kappa shape index (κ3) is 5.32. The second kappa shape index (κ2) is 8.88. The number of hydrogen-bond acceptors (Lipinski definition) is 5. The zero-order chi connectivity index (χ0) is 20.1. The Kier molecular flexibility index (Phi) is 6.30. The second-order valence-corrected chi connectivity index (χ2v) is 6.89. The molecule has 0 radical (unpaired) electrons. The molecule has 6 nitrogen and oxygen atoms in total. The van der Waals surface area contributed by atoms with Crippen molar-refractivity contribution in [1.82, 2.24) is 14.9 Å². The number of carboxylic acids is 1. The molecule has 0 saturated carbocycles. The van der Waals surface area contributed by atoms with E-state index in [1.165, 1.54) is 25.3 Å². The lowest BCUT2D eigenvalue weighted by Crippen LogP contribution is -2.28. The van der Waals surface area contributed by atoms with Gasteiger partial charge in [-0.25, -0.2) is 18.6 Å². The number of aliphatic carboxylic acids is 1. The Balaban J connectivity index is 1.48. The lowest BCUT2D eigenvalue weighted by molar-refractivity contribution is -0.132. The summed E-state index contributed by atoms with van der Waals surface area (Å²) in [5.74, 6) is -1.99. The zero-order valence-electron chi connectivity index (χ0n) is 15.5. The number of rotatable bonds is 7. The Hall–Kier alpha value is -2.87. The molecule has 1 saturated heterocycles. The van der Waals surface area contributed by atoms with E-state index in [4.69, 9.17) is 5.11 Å². The van der Waals surface area contributed by atoms with E-state index < -0.39 is 17.6 Å². The number of anilines is 1. The van der Waals surface area contributed by atoms with Crippen molar-refractivity contribution in [3.8, 4) is 0 Å². The lowest BCUT2D eigenvalue weighted by atomic mass is 10.1. The van der Waals surface area contributed by atoms with Gasteiger partial charge in [0.1, 0.15) is 5.82 Å². The van der Waals surface area contributed by atoms with Crippen LogP contribution in [0.3, 0.4) is 0 Å². The van der Waals surface area contributed by atoms with Gasteiger partial charge in [0.15, 0.2) is 11.6 Å². The summed E-state index contributed by atoms with van der Waals surface area (Å²) < 4.78 is 26.3. The standard InChI is InChI=1S/C20H22F2N4O2/c1-13(20(27)28)8-16-10-24-19(11-23-16)25-15-5-7-26(12-15)6-4-14-2-3-17(21)18(22)9-14/h2-3,8-11,15H,4-7,12H2,1H3,(H,24,25)(H,27,28)/b13-8+/t15-/m1/s1. The molecule has 1 aromatic heterocycles. The van der Waals surface area contributed by atoms with Gasteiger partial charge >= 0.3 is 5.97 Å². The minimum Gasteiger partial charge on any atom is -0.478 e. The molecule has 148 valence electrons. The molecular formula is C20H22F2N4O2. The molecule has 0 aliphatic carbocycles. The van der Waals surface area contributed by atoms with Gasteiger partial charge in [-0.2, -0.15) is 0 Å². The molecule has 2 aromatic rings. The molecule has 1 fully saturated rings. The highest BCUT2D eigenvalue weighted by Crippen LogP contribution is 2.16. The second-order valence-electron chi connectivity index (χ2n) is 6.89. The van der Waals surface area contributed by atoms with Crippen LogP contribution in [0.2, 0.25) is 0 Å². The first-order valence-corrected chi connectivity index (χ1v) is 9.07. The van der Waals surface area contributed by atoms with E-state index in [1.54, 1.807) is 12.3 Å². The van der Waals surface area contributed by atoms with Crippen molar-refractivity contribution in [2.45, 2.75) is 25.8 Å². The van der Waals surface area contributed by atoms with E-state index in [2.05, 4.69) is 20.2 Å². The summed E-state index contributed by atoms with van der Waals surface area (Å²) in [6, 6.07) is 4.25. The fourth-order valence-corrected chi connectivity index (χ4v) is 3.12. The topological polar surface area (TPSA) is 78.4 Å². The van der Waals surface area contributed by atoms with Crippen LogP contribution in [0.25, 0.3) is 6.08 Å². The summed E-state index contributed by atoms with van der Waals surface area (Å²) in [6.45, 7) is 4.01. The van der Waals surface area contributed by atoms with Crippen molar-refractivity contribution < 1.29 is 18.7 Å². The number of nitrogens with one attached hydrogen (secondary N) is 1. The van der Waals surface area contributed by atoms with Crippen LogP contribution in [-0.4, -0.2) is 51.6 Å². The molecule has 1 aliphatic heterocycles. The largest absolute Gasteiger partial charge is 0.478 e. The molecule has 1 aromatic carbocycles. The normalized spacial score (nSPS) is 17.7. The molecule has 2 N–H and O–H groups in total. The predicted molar refractivity (Wildman–Crippen MR) is 102 cm³/mol. The van der Waals surface area contributed by atoms with Crippen molar-refractivity contribution in [2.24, 2.45) is 0 Å². The SMILES string of the molecule is C/C(=C\c1cnc(N[C@@H]2CCN(CCc3ccc(F)c(F)c3)C2)cn1)C(=O)O. The molecule has 2 heterocycles. The van der Waals surface area contributed by atoms with Gasteiger partial charge in [-0.05, 0) is 43.5 Å². The zero-order valence-corrected chi connectivity index (χ0v) is 15.5. The highest BCUT2D eigenvalue weighted by atomic mass is 19.2. The van der Waals surface area contributed by atoms with Crippen LogP contribution in [0.5, 0.6) is 0 Å². The molecule has 1 aliphatic rings. The third-order valence-electron chi connectivity index (χ3n) is 4.70. The van der Waals surface area contributed by atoms with Crippen molar-refractivity contribution in [3.63, 3.8) is 0 Å². The molecule has 1 atom stereocenters. The maximum Gasteiger partial charge on any atom is 0.331 e. The van der Waals surface area contributed by atoms with E-state index >= 15 is 0 Å². The molecular weight excluding hydrogens is 366 g/mol. The van der Waals surface area contributed by atoms with Crippen LogP contribution in [0.1, 0.15) is 24.6 Å². The smallest absolute Gasteiger partial charge is 0.331 e. The monoisotopic (exact) mass is 388 g/mol. The molecule has 0 amide bonds. The van der Waals surface area contributed by atoms with Crippen molar-refractivity contribution in [1.29, 1.82) is 0 Å². The predicted octanol–water partition coefficient (Wildman–Crippen LogP) is 2.97. The van der Waals surface area contributed by atoms with Crippen molar-refractivity contribution in [2.75, 3.05) is 25.0 Å². The minimum absolute atomic E-state index is 0.197. The number of benzene rings is 1. The molecule has 8 heteroatoms. The Morgan fingerprint density at radius 3 is 2.82 bits per heavy atom. The quantitative estimate of drug-likeness (QED) is 0.710. The molecule has 0 bridgehead atoms. The Labute approximate surface area is 161 Å². The van der Waals surface area contributed by atoms with Crippen molar-refractivity contribution in [3.05, 3.63) is 59.1 Å². The van der Waals surface area contributed by atoms with Gasteiger partial charge < -0.3 is 15.3 Å². The van der Waals surface area contributed by atoms with Crippen LogP contribution >= 0.6 is 0 Å². The van der Waals surface area contributed by atoms with Crippen LogP contribution in [-0.2, 0) is 11.2 Å². The maximum absolute atomic E-state index is 13.3. The number of carbonyl (C=O) groups is 1. The fourth-order valence-electron chi connectivity index (χ4n) is 3.12. The lowest BCUT2D eigenvalue weighted by Gasteiger charge is -2.17. The Morgan fingerprint density at radius 1 is 1.32 bits per heavy atom. The van der Waals surface area contributed by atoms with Crippen LogP contribution < -0.4 is 5.32 Å². The average Bonchev–Trinajstić information content (AvgIpc) is 3.11. The highest BCUT2D eigenvalue weighted by Gasteiger charge is 2.22. The van der Waals surface area contributed by atoms with Crippen LogP contribution in [0.15, 0.2) is 36.2 Å². The van der Waals surface area contributed by atoms with Crippen LogP contribution in [0, 0.1) is 11.6 Å². The number of nitrogens with zero attached hydrogens (tertiary/aromatic N) is 3. The van der Waals surface area contributed by atoms with Gasteiger partial charge in [0.05, 0.1) is 18.1 Å². The summed E-state index contributed by atoms with van der Waals surface area (Å²) in [5, 5.41) is 12.2. The summed E-state index contributed by atoms with van der Waals surface area (Å²) >= 11 is 0. The summed E-state index contributed by atoms with van der Waals surface area (Å²) in [5.41, 5.74) is 1.47. The number of aromatic nitrogens is 2. The maximum atomic E-state index is 13.3. The van der Waals surface area contributed by atoms with Crippen molar-refractivity contribution >= 4 is 17.9 Å². The third-order valence-corrected chi connectivity index (χ3v) is 4.70. The number of hydrogen-bond donors (Lipinski definition) is 2. The van der Waals surface area contributed by atoms with E-state index in [9.17, 15) is 13.6 Å². The summed E-state index contributed by atoms with van der Waals surface area (Å²) in [4.78, 5) is 21.6. The van der Waals surface area contributed by atoms with Gasteiger partial charge in [0.2, 0.25) is 0 Å². The van der Waals surface area contributed by atoms with Gasteiger partial charge in [-0.1, -0.05) is 6.07 Å². The molecule has 0 spiro atoms. The molecule has 3 rings (SSSR count). The van der Waals surface area contributed by atoms with Gasteiger partial charge in [0.25, 0.3) is 0 Å². The number of carboxylic acid groups (broad SMARTS) is 1. The number of halogens is 2. The molecule has 28 heavy (non-hydrogen) atoms. The highest BCUT2D eigenvalue weighted by molar-refractivity contribution is 5.91. The Bertz CT molecular complexity index is 871. The van der Waals surface area contributed by atoms with E-state index in [0.717, 1.165) is 37.7 Å².